The van der Waals surface area contributed by atoms with Crippen molar-refractivity contribution in [3.05, 3.63) is 47.0 Å². The van der Waals surface area contributed by atoms with Gasteiger partial charge in [0, 0.05) is 16.4 Å². The number of nitrogens with two attached hydrogens (primary N) is 1. The lowest BCUT2D eigenvalue weighted by molar-refractivity contribution is 0.852. The highest BCUT2D eigenvalue weighted by Gasteiger charge is 2.39. The number of nitrogens with zero attached hydrogens (tertiary/aromatic N) is 1. The monoisotopic (exact) mass is 293 g/mol. The van der Waals surface area contributed by atoms with Crippen LogP contribution in [0, 0.1) is 0 Å². The van der Waals surface area contributed by atoms with Gasteiger partial charge in [0.2, 0.25) is 0 Å². The summed E-state index contributed by atoms with van der Waals surface area (Å²) in [5.74, 6) is 1.03. The first kappa shape index (κ1) is 12.2. The van der Waals surface area contributed by atoms with Gasteiger partial charge in [-0.15, -0.1) is 6.58 Å². The Bertz CT molecular complexity index is 442. The first-order valence-electron chi connectivity index (χ1n) is 5.64. The van der Waals surface area contributed by atoms with Gasteiger partial charge in [0.1, 0.15) is 0 Å². The number of rotatable bonds is 4. The van der Waals surface area contributed by atoms with Gasteiger partial charge in [-0.3, -0.25) is 0 Å². The molecule has 1 fully saturated rings. The standard InChI is InChI=1S/C13H16BrN3/c1-2-7-16-13(15)17-12-8-10(12)9-5-3-4-6-11(9)14/h2-6,10,12H,1,7-8H2,(H3,15,16,17)/t10-,12+/m0/s1. The van der Waals surface area contributed by atoms with Crippen LogP contribution in [0.2, 0.25) is 0 Å². The molecule has 2 atom stereocenters. The minimum absolute atomic E-state index is 0.405. The summed E-state index contributed by atoms with van der Waals surface area (Å²) < 4.78 is 1.16. The summed E-state index contributed by atoms with van der Waals surface area (Å²) >= 11 is 3.57. The molecule has 0 saturated heterocycles. The van der Waals surface area contributed by atoms with Crippen molar-refractivity contribution in [3.63, 3.8) is 0 Å². The number of benzene rings is 1. The Morgan fingerprint density at radius 2 is 2.35 bits per heavy atom. The zero-order valence-corrected chi connectivity index (χ0v) is 11.2. The summed E-state index contributed by atoms with van der Waals surface area (Å²) in [4.78, 5) is 4.13. The molecule has 0 bridgehead atoms. The Hall–Kier alpha value is -1.29. The van der Waals surface area contributed by atoms with Crippen LogP contribution in [0.4, 0.5) is 0 Å². The van der Waals surface area contributed by atoms with Crippen molar-refractivity contribution in [2.24, 2.45) is 10.7 Å². The second kappa shape index (κ2) is 5.36. The van der Waals surface area contributed by atoms with Gasteiger partial charge in [0.15, 0.2) is 5.96 Å². The molecule has 90 valence electrons. The van der Waals surface area contributed by atoms with Crippen LogP contribution < -0.4 is 11.1 Å². The van der Waals surface area contributed by atoms with Crippen molar-refractivity contribution in [3.8, 4) is 0 Å². The molecule has 0 heterocycles. The van der Waals surface area contributed by atoms with Crippen LogP contribution >= 0.6 is 15.9 Å². The van der Waals surface area contributed by atoms with E-state index in [9.17, 15) is 0 Å². The van der Waals surface area contributed by atoms with Gasteiger partial charge >= 0.3 is 0 Å². The molecule has 4 heteroatoms. The number of hydrogen-bond donors (Lipinski definition) is 2. The van der Waals surface area contributed by atoms with E-state index in [0.29, 0.717) is 24.5 Å². The fourth-order valence-electron chi connectivity index (χ4n) is 1.87. The maximum absolute atomic E-state index is 5.76. The summed E-state index contributed by atoms with van der Waals surface area (Å²) in [5, 5.41) is 3.22. The molecule has 3 nitrogen and oxygen atoms in total. The van der Waals surface area contributed by atoms with Crippen LogP contribution in [-0.4, -0.2) is 18.5 Å². The highest BCUT2D eigenvalue weighted by molar-refractivity contribution is 9.10. The summed E-state index contributed by atoms with van der Waals surface area (Å²) in [6.07, 6.45) is 2.83. The minimum Gasteiger partial charge on any atom is -0.370 e. The molecule has 1 aliphatic carbocycles. The number of guanidine groups is 1. The van der Waals surface area contributed by atoms with Crippen molar-refractivity contribution < 1.29 is 0 Å². The van der Waals surface area contributed by atoms with Crippen LogP contribution in [0.5, 0.6) is 0 Å². The Balaban J connectivity index is 1.93. The third-order valence-corrected chi connectivity index (χ3v) is 3.54. The number of halogens is 1. The SMILES string of the molecule is C=CCN=C(N)N[C@@H]1C[C@H]1c1ccccc1Br. The van der Waals surface area contributed by atoms with Gasteiger partial charge in [-0.05, 0) is 18.1 Å². The van der Waals surface area contributed by atoms with E-state index in [1.54, 1.807) is 6.08 Å². The topological polar surface area (TPSA) is 50.4 Å². The molecule has 0 amide bonds. The average Bonchev–Trinajstić information content (AvgIpc) is 3.06. The van der Waals surface area contributed by atoms with Gasteiger partial charge in [-0.25, -0.2) is 4.99 Å². The molecule has 17 heavy (non-hydrogen) atoms. The zero-order chi connectivity index (χ0) is 12.3. The molecular weight excluding hydrogens is 278 g/mol. The molecule has 3 N–H and O–H groups in total. The van der Waals surface area contributed by atoms with Crippen LogP contribution in [0.1, 0.15) is 17.9 Å². The maximum atomic E-state index is 5.76. The van der Waals surface area contributed by atoms with Crippen molar-refractivity contribution in [2.75, 3.05) is 6.54 Å². The molecule has 0 radical (unpaired) electrons. The lowest BCUT2D eigenvalue weighted by Gasteiger charge is -2.06. The van der Waals surface area contributed by atoms with E-state index < -0.39 is 0 Å². The second-order valence-electron chi connectivity index (χ2n) is 4.13. The van der Waals surface area contributed by atoms with Crippen molar-refractivity contribution >= 4 is 21.9 Å². The normalized spacial score (nSPS) is 23.2. The zero-order valence-electron chi connectivity index (χ0n) is 9.57. The minimum atomic E-state index is 0.405. The van der Waals surface area contributed by atoms with E-state index in [0.717, 1.165) is 10.9 Å². The highest BCUT2D eigenvalue weighted by Crippen LogP contribution is 2.43. The fourth-order valence-corrected chi connectivity index (χ4v) is 2.45. The smallest absolute Gasteiger partial charge is 0.189 e. The van der Waals surface area contributed by atoms with E-state index >= 15 is 0 Å². The predicted octanol–water partition coefficient (Wildman–Crippen LogP) is 2.40. The van der Waals surface area contributed by atoms with Gasteiger partial charge < -0.3 is 11.1 Å². The van der Waals surface area contributed by atoms with Gasteiger partial charge in [-0.1, -0.05) is 40.2 Å². The molecule has 1 aliphatic rings. The van der Waals surface area contributed by atoms with E-state index in [2.05, 4.69) is 51.0 Å². The third-order valence-electron chi connectivity index (χ3n) is 2.82. The molecule has 1 aromatic rings. The van der Waals surface area contributed by atoms with E-state index in [1.807, 2.05) is 6.07 Å². The summed E-state index contributed by atoms with van der Waals surface area (Å²) in [6.45, 7) is 4.17. The second-order valence-corrected chi connectivity index (χ2v) is 4.98. The van der Waals surface area contributed by atoms with E-state index in [4.69, 9.17) is 5.73 Å². The average molecular weight is 294 g/mol. The van der Waals surface area contributed by atoms with Crippen molar-refractivity contribution in [1.29, 1.82) is 0 Å². The van der Waals surface area contributed by atoms with Crippen LogP contribution in [0.15, 0.2) is 46.4 Å². The van der Waals surface area contributed by atoms with Crippen molar-refractivity contribution in [1.82, 2.24) is 5.32 Å². The third kappa shape index (κ3) is 3.09. The molecular formula is C13H16BrN3. The summed E-state index contributed by atoms with van der Waals surface area (Å²) in [5.41, 5.74) is 7.09. The Morgan fingerprint density at radius 1 is 1.59 bits per heavy atom. The summed E-state index contributed by atoms with van der Waals surface area (Å²) in [6, 6.07) is 8.71. The molecule has 0 unspecified atom stereocenters. The quantitative estimate of drug-likeness (QED) is 0.509. The van der Waals surface area contributed by atoms with Crippen LogP contribution in [0.25, 0.3) is 0 Å². The molecule has 1 aromatic carbocycles. The molecule has 2 rings (SSSR count). The lowest BCUT2D eigenvalue weighted by Crippen LogP contribution is -2.34. The maximum Gasteiger partial charge on any atom is 0.189 e. The molecule has 0 aliphatic heterocycles. The molecule has 1 saturated carbocycles. The number of nitrogens with one attached hydrogen (secondary N) is 1. The van der Waals surface area contributed by atoms with Crippen LogP contribution in [-0.2, 0) is 0 Å². The first-order chi connectivity index (χ1) is 8.22. The number of hydrogen-bond acceptors (Lipinski definition) is 1. The van der Waals surface area contributed by atoms with Gasteiger partial charge in [-0.2, -0.15) is 0 Å². The van der Waals surface area contributed by atoms with Gasteiger partial charge in [0.25, 0.3) is 0 Å². The first-order valence-corrected chi connectivity index (χ1v) is 6.43. The Labute approximate surface area is 110 Å². The largest absolute Gasteiger partial charge is 0.370 e. The number of aliphatic imine (C=N–C) groups is 1. The van der Waals surface area contributed by atoms with Crippen molar-refractivity contribution in [2.45, 2.75) is 18.4 Å². The predicted molar refractivity (Wildman–Crippen MR) is 75.1 cm³/mol. The van der Waals surface area contributed by atoms with Gasteiger partial charge in [0.05, 0.1) is 6.54 Å². The molecule has 0 spiro atoms. The Kier molecular flexibility index (Phi) is 3.84. The Morgan fingerprint density at radius 3 is 3.06 bits per heavy atom. The van der Waals surface area contributed by atoms with E-state index in [1.165, 1.54) is 5.56 Å². The fraction of sp³-hybridized carbons (Fsp3) is 0.308. The van der Waals surface area contributed by atoms with Crippen LogP contribution in [0.3, 0.4) is 0 Å². The van der Waals surface area contributed by atoms with E-state index in [-0.39, 0.29) is 0 Å². The lowest BCUT2D eigenvalue weighted by atomic mass is 10.1. The summed E-state index contributed by atoms with van der Waals surface area (Å²) in [7, 11) is 0. The highest BCUT2D eigenvalue weighted by atomic mass is 79.9. The molecule has 0 aromatic heterocycles.